The fourth-order valence-electron chi connectivity index (χ4n) is 2.37. The maximum absolute atomic E-state index is 10.4. The molecule has 0 spiro atoms. The van der Waals surface area contributed by atoms with Crippen molar-refractivity contribution in [2.45, 2.75) is 38.5 Å². The van der Waals surface area contributed by atoms with Gasteiger partial charge in [-0.05, 0) is 49.1 Å². The van der Waals surface area contributed by atoms with E-state index >= 15 is 0 Å². The Morgan fingerprint density at radius 3 is 1.65 bits per heavy atom. The number of ether oxygens (including phenoxy) is 2. The van der Waals surface area contributed by atoms with Crippen LogP contribution in [-0.4, -0.2) is 42.7 Å². The highest BCUT2D eigenvalue weighted by Gasteiger charge is 2.16. The van der Waals surface area contributed by atoms with Crippen LogP contribution in [-0.2, 0) is 19.1 Å². The zero-order chi connectivity index (χ0) is 14.8. The van der Waals surface area contributed by atoms with E-state index in [1.165, 1.54) is 0 Å². The summed E-state index contributed by atoms with van der Waals surface area (Å²) in [5, 5.41) is 8.21. The van der Waals surface area contributed by atoms with Gasteiger partial charge in [-0.2, -0.15) is 0 Å². The number of carbonyl (C=O) groups is 2. The minimum absolute atomic E-state index is 0.216. The quantitative estimate of drug-likeness (QED) is 0.808. The van der Waals surface area contributed by atoms with Gasteiger partial charge < -0.3 is 14.6 Å². The van der Waals surface area contributed by atoms with Gasteiger partial charge in [0.2, 0.25) is 5.24 Å². The van der Waals surface area contributed by atoms with Crippen molar-refractivity contribution in [3.63, 3.8) is 0 Å². The molecule has 0 aromatic carbocycles. The van der Waals surface area contributed by atoms with Gasteiger partial charge >= 0.3 is 5.97 Å². The first-order valence-electron chi connectivity index (χ1n) is 7.13. The van der Waals surface area contributed by atoms with Crippen LogP contribution >= 0.6 is 11.6 Å². The molecule has 0 bridgehead atoms. The Kier molecular flexibility index (Phi) is 8.82. The van der Waals surface area contributed by atoms with Crippen molar-refractivity contribution in [3.8, 4) is 0 Å². The maximum Gasteiger partial charge on any atom is 0.303 e. The number of carboxylic acids is 1. The number of aliphatic carboxylic acids is 1. The van der Waals surface area contributed by atoms with Gasteiger partial charge in [-0.15, -0.1) is 0 Å². The molecule has 1 N–H and O–H groups in total. The molecule has 20 heavy (non-hydrogen) atoms. The van der Waals surface area contributed by atoms with Gasteiger partial charge in [0.05, 0.1) is 0 Å². The van der Waals surface area contributed by atoms with Crippen LogP contribution in [0.2, 0.25) is 0 Å². The molecule has 0 radical (unpaired) electrons. The average Bonchev–Trinajstić information content (AvgIpc) is 2.40. The van der Waals surface area contributed by atoms with Gasteiger partial charge in [-0.1, -0.05) is 0 Å². The van der Waals surface area contributed by atoms with Gasteiger partial charge in [0.1, 0.15) is 0 Å². The van der Waals surface area contributed by atoms with E-state index in [0.29, 0.717) is 24.7 Å². The van der Waals surface area contributed by atoms with Gasteiger partial charge in [0.25, 0.3) is 0 Å². The third-order valence-corrected chi connectivity index (χ3v) is 3.75. The Bertz CT molecular complexity index is 266. The van der Waals surface area contributed by atoms with Gasteiger partial charge in [-0.3, -0.25) is 9.59 Å². The van der Waals surface area contributed by atoms with E-state index < -0.39 is 5.97 Å². The highest BCUT2D eigenvalue weighted by molar-refractivity contribution is 6.63. The molecule has 2 rings (SSSR count). The van der Waals surface area contributed by atoms with Crippen molar-refractivity contribution < 1.29 is 24.2 Å². The van der Waals surface area contributed by atoms with Crippen molar-refractivity contribution in [1.82, 2.24) is 0 Å². The second kappa shape index (κ2) is 10.1. The standard InChI is InChI=1S/C7H11ClO2.C7H12O3/c2*8-7(9)5-6-1-3-10-4-2-6/h6H,1-5H2;6H,1-5H2,(H,8,9). The second-order valence-electron chi connectivity index (χ2n) is 5.27. The van der Waals surface area contributed by atoms with Crippen molar-refractivity contribution in [1.29, 1.82) is 0 Å². The third-order valence-electron chi connectivity index (χ3n) is 3.59. The molecule has 6 heteroatoms. The van der Waals surface area contributed by atoms with Crippen LogP contribution in [0.15, 0.2) is 0 Å². The van der Waals surface area contributed by atoms with Crippen molar-refractivity contribution in [3.05, 3.63) is 0 Å². The number of carboxylic acid groups (broad SMARTS) is 1. The Morgan fingerprint density at radius 1 is 0.900 bits per heavy atom. The summed E-state index contributed by atoms with van der Waals surface area (Å²) in [6.07, 6.45) is 4.61. The molecular weight excluding hydrogens is 284 g/mol. The van der Waals surface area contributed by atoms with Gasteiger partial charge in [0.15, 0.2) is 0 Å². The zero-order valence-corrected chi connectivity index (χ0v) is 12.4. The Labute approximate surface area is 124 Å². The molecule has 2 fully saturated rings. The van der Waals surface area contributed by atoms with E-state index in [2.05, 4.69) is 0 Å². The van der Waals surface area contributed by atoms with Crippen molar-refractivity contribution >= 4 is 22.8 Å². The molecule has 0 aromatic rings. The summed E-state index contributed by atoms with van der Waals surface area (Å²) in [5.41, 5.74) is 0. The van der Waals surface area contributed by atoms with Crippen LogP contribution in [0.25, 0.3) is 0 Å². The molecule has 0 atom stereocenters. The van der Waals surface area contributed by atoms with E-state index in [1.54, 1.807) is 0 Å². The smallest absolute Gasteiger partial charge is 0.303 e. The van der Waals surface area contributed by atoms with Crippen molar-refractivity contribution in [2.75, 3.05) is 26.4 Å². The topological polar surface area (TPSA) is 72.8 Å². The third kappa shape index (κ3) is 8.51. The summed E-state index contributed by atoms with van der Waals surface area (Å²) in [6.45, 7) is 3.04. The largest absolute Gasteiger partial charge is 0.481 e. The van der Waals surface area contributed by atoms with Crippen molar-refractivity contribution in [2.24, 2.45) is 11.8 Å². The minimum Gasteiger partial charge on any atom is -0.481 e. The maximum atomic E-state index is 10.4. The first-order valence-corrected chi connectivity index (χ1v) is 7.51. The lowest BCUT2D eigenvalue weighted by molar-refractivity contribution is -0.138. The molecule has 2 aliphatic heterocycles. The second-order valence-corrected chi connectivity index (χ2v) is 5.69. The monoisotopic (exact) mass is 306 g/mol. The van der Waals surface area contributed by atoms with Crippen LogP contribution in [0.5, 0.6) is 0 Å². The summed E-state index contributed by atoms with van der Waals surface area (Å²) >= 11 is 5.23. The first-order chi connectivity index (χ1) is 9.58. The molecule has 116 valence electrons. The molecule has 2 aliphatic rings. The SMILES string of the molecule is O=C(Cl)CC1CCOCC1.O=C(O)CC1CCOCC1. The zero-order valence-electron chi connectivity index (χ0n) is 11.7. The molecule has 2 heterocycles. The Hall–Kier alpha value is -0.650. The lowest BCUT2D eigenvalue weighted by Gasteiger charge is -2.19. The van der Waals surface area contributed by atoms with Crippen LogP contribution in [0.1, 0.15) is 38.5 Å². The molecule has 0 aromatic heterocycles. The Balaban J connectivity index is 0.000000200. The number of carbonyl (C=O) groups excluding carboxylic acids is 1. The molecule has 0 amide bonds. The summed E-state index contributed by atoms with van der Waals surface area (Å²) in [4.78, 5) is 20.7. The van der Waals surface area contributed by atoms with E-state index in [4.69, 9.17) is 26.2 Å². The first kappa shape index (κ1) is 17.4. The normalized spacial score (nSPS) is 20.9. The summed E-state index contributed by atoms with van der Waals surface area (Å²) in [7, 11) is 0. The van der Waals surface area contributed by atoms with Crippen LogP contribution in [0.3, 0.4) is 0 Å². The lowest BCUT2D eigenvalue weighted by atomic mass is 9.97. The fraction of sp³-hybridized carbons (Fsp3) is 0.857. The number of hydrogen-bond acceptors (Lipinski definition) is 4. The van der Waals surface area contributed by atoms with E-state index in [1.807, 2.05) is 0 Å². The number of rotatable bonds is 4. The summed E-state index contributed by atoms with van der Waals surface area (Å²) < 4.78 is 10.2. The van der Waals surface area contributed by atoms with E-state index in [9.17, 15) is 9.59 Å². The molecule has 2 saturated heterocycles. The predicted octanol–water partition coefficient (Wildman–Crippen LogP) is 2.46. The Morgan fingerprint density at radius 2 is 1.30 bits per heavy atom. The summed E-state index contributed by atoms with van der Waals surface area (Å²) in [6, 6.07) is 0. The highest BCUT2D eigenvalue weighted by Crippen LogP contribution is 2.19. The van der Waals surface area contributed by atoms with E-state index in [-0.39, 0.29) is 5.24 Å². The molecular formula is C14H23ClO5. The minimum atomic E-state index is -0.688. The molecule has 0 aliphatic carbocycles. The summed E-state index contributed by atoms with van der Waals surface area (Å²) in [5.74, 6) is 0.136. The van der Waals surface area contributed by atoms with Crippen LogP contribution < -0.4 is 0 Å². The van der Waals surface area contributed by atoms with E-state index in [0.717, 1.165) is 52.1 Å². The van der Waals surface area contributed by atoms with Crippen LogP contribution in [0.4, 0.5) is 0 Å². The van der Waals surface area contributed by atoms with Crippen LogP contribution in [0, 0.1) is 11.8 Å². The van der Waals surface area contributed by atoms with Gasteiger partial charge in [-0.25, -0.2) is 0 Å². The molecule has 5 nitrogen and oxygen atoms in total. The lowest BCUT2D eigenvalue weighted by Crippen LogP contribution is -2.18. The average molecular weight is 307 g/mol. The number of halogens is 1. The number of hydrogen-bond donors (Lipinski definition) is 1. The highest BCUT2D eigenvalue weighted by atomic mass is 35.5. The fourth-order valence-corrected chi connectivity index (χ4v) is 2.59. The predicted molar refractivity (Wildman–Crippen MR) is 74.8 cm³/mol. The molecule has 0 saturated carbocycles. The molecule has 0 unspecified atom stereocenters. The van der Waals surface area contributed by atoms with Gasteiger partial charge in [0, 0.05) is 39.3 Å².